The summed E-state index contributed by atoms with van der Waals surface area (Å²) in [5.41, 5.74) is 1.59. The Labute approximate surface area is 129 Å². The summed E-state index contributed by atoms with van der Waals surface area (Å²) >= 11 is 0. The molecule has 0 amide bonds. The number of nitrogens with zero attached hydrogens (tertiary/aromatic N) is 1. The lowest BCUT2D eigenvalue weighted by Gasteiger charge is -2.38. The van der Waals surface area contributed by atoms with Crippen LogP contribution in [0.15, 0.2) is 18.3 Å². The highest BCUT2D eigenvalue weighted by Crippen LogP contribution is 2.39. The summed E-state index contributed by atoms with van der Waals surface area (Å²) in [5.74, 6) is 1.49. The van der Waals surface area contributed by atoms with Crippen LogP contribution in [0, 0.1) is 11.3 Å². The van der Waals surface area contributed by atoms with Crippen LogP contribution in [0.2, 0.25) is 0 Å². The number of ether oxygens (including phenoxy) is 1. The molecule has 3 unspecified atom stereocenters. The van der Waals surface area contributed by atoms with Gasteiger partial charge >= 0.3 is 0 Å². The standard InChI is InChI=1S/C18H30N2O/c1-6-19-14(3)15-7-8-17(20-12-15)21-16-9-13(2)10-18(4,5)11-16/h7-8,12-14,16,19H,6,9-11H2,1-5H3. The molecule has 2 rings (SSSR count). The van der Waals surface area contributed by atoms with E-state index >= 15 is 0 Å². The lowest BCUT2D eigenvalue weighted by molar-refractivity contribution is 0.0532. The minimum Gasteiger partial charge on any atom is -0.474 e. The summed E-state index contributed by atoms with van der Waals surface area (Å²) in [6, 6.07) is 4.47. The highest BCUT2D eigenvalue weighted by Gasteiger charge is 2.33. The molecule has 1 saturated carbocycles. The summed E-state index contributed by atoms with van der Waals surface area (Å²) in [5, 5.41) is 3.40. The predicted molar refractivity (Wildman–Crippen MR) is 87.5 cm³/mol. The molecule has 118 valence electrons. The quantitative estimate of drug-likeness (QED) is 0.875. The molecule has 21 heavy (non-hydrogen) atoms. The Morgan fingerprint density at radius 2 is 2.14 bits per heavy atom. The van der Waals surface area contributed by atoms with Gasteiger partial charge in [-0.05, 0) is 49.6 Å². The van der Waals surface area contributed by atoms with E-state index in [1.807, 2.05) is 12.3 Å². The van der Waals surface area contributed by atoms with Gasteiger partial charge < -0.3 is 10.1 Å². The molecule has 0 aliphatic heterocycles. The molecule has 0 aromatic carbocycles. The first kappa shape index (κ1) is 16.3. The highest BCUT2D eigenvalue weighted by atomic mass is 16.5. The average Bonchev–Trinajstić information content (AvgIpc) is 2.37. The lowest BCUT2D eigenvalue weighted by atomic mass is 9.71. The zero-order valence-electron chi connectivity index (χ0n) is 14.1. The molecular weight excluding hydrogens is 260 g/mol. The highest BCUT2D eigenvalue weighted by molar-refractivity contribution is 5.20. The van der Waals surface area contributed by atoms with Crippen LogP contribution in [-0.2, 0) is 0 Å². The molecule has 1 N–H and O–H groups in total. The molecule has 1 heterocycles. The topological polar surface area (TPSA) is 34.1 Å². The summed E-state index contributed by atoms with van der Waals surface area (Å²) in [7, 11) is 0. The van der Waals surface area contributed by atoms with Gasteiger partial charge in [-0.1, -0.05) is 33.8 Å². The summed E-state index contributed by atoms with van der Waals surface area (Å²) in [6.45, 7) is 12.3. The van der Waals surface area contributed by atoms with E-state index in [-0.39, 0.29) is 0 Å². The van der Waals surface area contributed by atoms with Crippen LogP contribution in [0.3, 0.4) is 0 Å². The van der Waals surface area contributed by atoms with Crippen LogP contribution in [0.5, 0.6) is 5.88 Å². The van der Waals surface area contributed by atoms with Crippen LogP contribution in [-0.4, -0.2) is 17.6 Å². The van der Waals surface area contributed by atoms with Crippen molar-refractivity contribution in [2.24, 2.45) is 11.3 Å². The molecule has 3 heteroatoms. The molecule has 1 fully saturated rings. The van der Waals surface area contributed by atoms with Gasteiger partial charge in [0.15, 0.2) is 0 Å². The Morgan fingerprint density at radius 3 is 2.71 bits per heavy atom. The Kier molecular flexibility index (Phi) is 5.26. The molecule has 1 aliphatic carbocycles. The molecular formula is C18H30N2O. The molecule has 0 bridgehead atoms. The number of aromatic nitrogens is 1. The number of rotatable bonds is 5. The van der Waals surface area contributed by atoms with Crippen LogP contribution in [0.4, 0.5) is 0 Å². The zero-order valence-corrected chi connectivity index (χ0v) is 14.1. The molecule has 0 radical (unpaired) electrons. The molecule has 1 aliphatic rings. The first-order valence-corrected chi connectivity index (χ1v) is 8.25. The molecule has 0 spiro atoms. The van der Waals surface area contributed by atoms with E-state index in [1.165, 1.54) is 12.0 Å². The Balaban J connectivity index is 1.97. The number of hydrogen-bond donors (Lipinski definition) is 1. The van der Waals surface area contributed by atoms with Crippen molar-refractivity contribution in [3.63, 3.8) is 0 Å². The molecule has 1 aromatic heterocycles. The first-order valence-electron chi connectivity index (χ1n) is 8.25. The van der Waals surface area contributed by atoms with E-state index in [4.69, 9.17) is 4.74 Å². The fourth-order valence-electron chi connectivity index (χ4n) is 3.66. The third-order valence-electron chi connectivity index (χ3n) is 4.40. The van der Waals surface area contributed by atoms with E-state index in [0.29, 0.717) is 17.6 Å². The maximum Gasteiger partial charge on any atom is 0.213 e. The normalized spacial score (nSPS) is 26.3. The Bertz CT molecular complexity index is 441. The second-order valence-electron chi connectivity index (χ2n) is 7.36. The fourth-order valence-corrected chi connectivity index (χ4v) is 3.66. The minimum atomic E-state index is 0.299. The molecule has 1 aromatic rings. The van der Waals surface area contributed by atoms with Gasteiger partial charge in [0, 0.05) is 18.3 Å². The van der Waals surface area contributed by atoms with Crippen molar-refractivity contribution in [2.75, 3.05) is 6.54 Å². The zero-order chi connectivity index (χ0) is 15.5. The van der Waals surface area contributed by atoms with Gasteiger partial charge in [-0.2, -0.15) is 0 Å². The Morgan fingerprint density at radius 1 is 1.38 bits per heavy atom. The van der Waals surface area contributed by atoms with Gasteiger partial charge in [0.25, 0.3) is 0 Å². The summed E-state index contributed by atoms with van der Waals surface area (Å²) in [4.78, 5) is 4.49. The second kappa shape index (κ2) is 6.78. The Hall–Kier alpha value is -1.09. The van der Waals surface area contributed by atoms with Gasteiger partial charge in [0.2, 0.25) is 5.88 Å². The predicted octanol–water partition coefficient (Wildman–Crippen LogP) is 4.35. The number of nitrogens with one attached hydrogen (secondary N) is 1. The second-order valence-corrected chi connectivity index (χ2v) is 7.36. The first-order chi connectivity index (χ1) is 9.89. The van der Waals surface area contributed by atoms with Gasteiger partial charge in [0.1, 0.15) is 6.10 Å². The van der Waals surface area contributed by atoms with Crippen molar-refractivity contribution < 1.29 is 4.74 Å². The van der Waals surface area contributed by atoms with Gasteiger partial charge in [-0.15, -0.1) is 0 Å². The minimum absolute atomic E-state index is 0.299. The average molecular weight is 290 g/mol. The van der Waals surface area contributed by atoms with Crippen LogP contribution in [0.1, 0.15) is 65.5 Å². The van der Waals surface area contributed by atoms with E-state index < -0.39 is 0 Å². The largest absolute Gasteiger partial charge is 0.474 e. The van der Waals surface area contributed by atoms with Crippen molar-refractivity contribution in [3.05, 3.63) is 23.9 Å². The van der Waals surface area contributed by atoms with E-state index in [0.717, 1.165) is 31.2 Å². The fraction of sp³-hybridized carbons (Fsp3) is 0.722. The van der Waals surface area contributed by atoms with Crippen molar-refractivity contribution >= 4 is 0 Å². The van der Waals surface area contributed by atoms with Crippen LogP contribution in [0.25, 0.3) is 0 Å². The SMILES string of the molecule is CCNC(C)c1ccc(OC2CC(C)CC(C)(C)C2)nc1. The van der Waals surface area contributed by atoms with Crippen molar-refractivity contribution in [1.82, 2.24) is 10.3 Å². The smallest absolute Gasteiger partial charge is 0.213 e. The monoisotopic (exact) mass is 290 g/mol. The van der Waals surface area contributed by atoms with E-state index in [1.54, 1.807) is 0 Å². The van der Waals surface area contributed by atoms with Crippen LogP contribution >= 0.6 is 0 Å². The third-order valence-corrected chi connectivity index (χ3v) is 4.40. The number of pyridine rings is 1. The molecule has 0 saturated heterocycles. The van der Waals surface area contributed by atoms with Crippen LogP contribution < -0.4 is 10.1 Å². The molecule has 3 nitrogen and oxygen atoms in total. The number of hydrogen-bond acceptors (Lipinski definition) is 3. The lowest BCUT2D eigenvalue weighted by Crippen LogP contribution is -2.34. The molecule has 3 atom stereocenters. The van der Waals surface area contributed by atoms with Gasteiger partial charge in [-0.25, -0.2) is 4.98 Å². The maximum atomic E-state index is 6.12. The maximum absolute atomic E-state index is 6.12. The van der Waals surface area contributed by atoms with E-state index in [2.05, 4.69) is 51.0 Å². The van der Waals surface area contributed by atoms with Gasteiger partial charge in [0.05, 0.1) is 0 Å². The van der Waals surface area contributed by atoms with Crippen molar-refractivity contribution in [1.29, 1.82) is 0 Å². The van der Waals surface area contributed by atoms with Crippen molar-refractivity contribution in [3.8, 4) is 5.88 Å². The summed E-state index contributed by atoms with van der Waals surface area (Å²) < 4.78 is 6.12. The van der Waals surface area contributed by atoms with E-state index in [9.17, 15) is 0 Å². The van der Waals surface area contributed by atoms with Crippen molar-refractivity contribution in [2.45, 2.75) is 66.0 Å². The van der Waals surface area contributed by atoms with Gasteiger partial charge in [-0.3, -0.25) is 0 Å². The summed E-state index contributed by atoms with van der Waals surface area (Å²) in [6.07, 6.45) is 5.78. The third kappa shape index (κ3) is 4.70.